The highest BCUT2D eigenvalue weighted by atomic mass is 35.5. The van der Waals surface area contributed by atoms with Gasteiger partial charge in [0.2, 0.25) is 0 Å². The summed E-state index contributed by atoms with van der Waals surface area (Å²) in [6, 6.07) is 7.34. The van der Waals surface area contributed by atoms with E-state index < -0.39 is 0 Å². The Hall–Kier alpha value is -1.10. The number of carbonyl (C=O) groups excluding carboxylic acids is 1. The highest BCUT2D eigenvalue weighted by Gasteiger charge is 2.02. The van der Waals surface area contributed by atoms with Gasteiger partial charge < -0.3 is 15.0 Å². The normalized spacial score (nSPS) is 10.2. The first-order valence-corrected chi connectivity index (χ1v) is 6.75. The van der Waals surface area contributed by atoms with Crippen LogP contribution in [0.4, 0.5) is 0 Å². The number of Topliss-reactive ketones (excluding diaryl/α,β-unsaturated/α-hetero) is 1. The maximum atomic E-state index is 11.5. The summed E-state index contributed by atoms with van der Waals surface area (Å²) in [5.74, 6) is 0.971. The lowest BCUT2D eigenvalue weighted by atomic mass is 10.1. The molecule has 0 unspecified atom stereocenters. The minimum atomic E-state index is 0. The molecule has 4 nitrogen and oxygen atoms in total. The van der Waals surface area contributed by atoms with Crippen LogP contribution in [-0.4, -0.2) is 51.0 Å². The van der Waals surface area contributed by atoms with E-state index >= 15 is 0 Å². The molecule has 0 aliphatic carbocycles. The van der Waals surface area contributed by atoms with E-state index in [9.17, 15) is 4.79 Å². The quantitative estimate of drug-likeness (QED) is 0.561. The number of hydrogen-bond acceptors (Lipinski definition) is 4. The third-order valence-corrected chi connectivity index (χ3v) is 2.78. The summed E-state index contributed by atoms with van der Waals surface area (Å²) in [4.78, 5) is 13.6. The fourth-order valence-corrected chi connectivity index (χ4v) is 1.61. The molecule has 0 aliphatic rings. The van der Waals surface area contributed by atoms with Crippen molar-refractivity contribution in [2.75, 3.05) is 40.3 Å². The number of nitrogens with one attached hydrogen (secondary N) is 1. The molecule has 1 N–H and O–H groups in total. The van der Waals surface area contributed by atoms with Crippen LogP contribution >= 0.6 is 12.4 Å². The van der Waals surface area contributed by atoms with E-state index in [0.29, 0.717) is 13.0 Å². The van der Waals surface area contributed by atoms with Gasteiger partial charge in [0.1, 0.15) is 12.4 Å². The second-order valence-corrected chi connectivity index (χ2v) is 4.70. The third-order valence-electron chi connectivity index (χ3n) is 2.78. The van der Waals surface area contributed by atoms with Crippen LogP contribution in [0.2, 0.25) is 0 Å². The largest absolute Gasteiger partial charge is 0.492 e. The maximum Gasteiger partial charge on any atom is 0.162 e. The van der Waals surface area contributed by atoms with Crippen LogP contribution in [0.15, 0.2) is 24.3 Å². The number of ketones is 1. The Morgan fingerprint density at radius 1 is 1.20 bits per heavy atom. The van der Waals surface area contributed by atoms with Gasteiger partial charge in [-0.05, 0) is 38.4 Å². The average molecular weight is 301 g/mol. The molecule has 0 heterocycles. The minimum Gasteiger partial charge on any atom is -0.492 e. The predicted molar refractivity (Wildman–Crippen MR) is 85.2 cm³/mol. The lowest BCUT2D eigenvalue weighted by Crippen LogP contribution is -2.29. The Kier molecular flexibility index (Phi) is 10.1. The van der Waals surface area contributed by atoms with E-state index in [0.717, 1.165) is 30.9 Å². The Labute approximate surface area is 127 Å². The van der Waals surface area contributed by atoms with Gasteiger partial charge in [0.25, 0.3) is 0 Å². The number of nitrogens with zero attached hydrogens (tertiary/aromatic N) is 1. The van der Waals surface area contributed by atoms with Crippen LogP contribution in [0, 0.1) is 0 Å². The van der Waals surface area contributed by atoms with E-state index in [1.165, 1.54) is 0 Å². The summed E-state index contributed by atoms with van der Waals surface area (Å²) in [5, 5.41) is 3.30. The molecule has 20 heavy (non-hydrogen) atoms. The average Bonchev–Trinajstić information content (AvgIpc) is 2.42. The molecule has 0 amide bonds. The number of halogens is 1. The summed E-state index contributed by atoms with van der Waals surface area (Å²) in [6.07, 6.45) is 0.538. The van der Waals surface area contributed by atoms with Crippen LogP contribution in [0.5, 0.6) is 5.75 Å². The highest BCUT2D eigenvalue weighted by Crippen LogP contribution is 2.13. The van der Waals surface area contributed by atoms with Gasteiger partial charge in [-0.3, -0.25) is 4.79 Å². The Balaban J connectivity index is 0.00000361. The lowest BCUT2D eigenvalue weighted by Gasteiger charge is -2.11. The van der Waals surface area contributed by atoms with Crippen molar-refractivity contribution in [1.82, 2.24) is 10.2 Å². The van der Waals surface area contributed by atoms with Crippen molar-refractivity contribution in [1.29, 1.82) is 0 Å². The van der Waals surface area contributed by atoms with E-state index in [-0.39, 0.29) is 18.2 Å². The predicted octanol–water partition coefficient (Wildman–Crippen LogP) is 2.23. The summed E-state index contributed by atoms with van der Waals surface area (Å²) in [7, 11) is 4.11. The summed E-state index contributed by atoms with van der Waals surface area (Å²) >= 11 is 0. The molecule has 0 fully saturated rings. The first-order valence-electron chi connectivity index (χ1n) is 6.75. The number of carbonyl (C=O) groups is 1. The molecule has 114 valence electrons. The standard InChI is InChI=1S/C15H24N2O2.ClH/c1-4-15(18)13-5-7-14(8-6-13)19-12-10-16-9-11-17(2)3;/h5-8,16H,4,9-12H2,1-3H3;1H. The van der Waals surface area contributed by atoms with Gasteiger partial charge in [0.15, 0.2) is 5.78 Å². The van der Waals surface area contributed by atoms with Crippen molar-refractivity contribution in [3.63, 3.8) is 0 Å². The summed E-state index contributed by atoms with van der Waals surface area (Å²) in [5.41, 5.74) is 0.749. The van der Waals surface area contributed by atoms with Gasteiger partial charge in [-0.1, -0.05) is 6.92 Å². The van der Waals surface area contributed by atoms with Gasteiger partial charge in [-0.2, -0.15) is 0 Å². The Morgan fingerprint density at radius 2 is 1.85 bits per heavy atom. The second-order valence-electron chi connectivity index (χ2n) is 4.70. The molecule has 0 bridgehead atoms. The monoisotopic (exact) mass is 300 g/mol. The maximum absolute atomic E-state index is 11.5. The van der Waals surface area contributed by atoms with Crippen LogP contribution < -0.4 is 10.1 Å². The number of benzene rings is 1. The molecule has 0 saturated carbocycles. The fourth-order valence-electron chi connectivity index (χ4n) is 1.61. The molecule has 0 aliphatic heterocycles. The van der Waals surface area contributed by atoms with Crippen molar-refractivity contribution in [3.05, 3.63) is 29.8 Å². The first-order chi connectivity index (χ1) is 9.13. The molecule has 0 atom stereocenters. The molecule has 0 saturated heterocycles. The Bertz CT molecular complexity index is 380. The zero-order valence-electron chi connectivity index (χ0n) is 12.5. The van der Waals surface area contributed by atoms with E-state index in [4.69, 9.17) is 4.74 Å². The molecular formula is C15H25ClN2O2. The summed E-state index contributed by atoms with van der Waals surface area (Å²) < 4.78 is 5.59. The van der Waals surface area contributed by atoms with Crippen molar-refractivity contribution in [2.24, 2.45) is 0 Å². The van der Waals surface area contributed by atoms with Crippen LogP contribution in [0.3, 0.4) is 0 Å². The molecule has 1 aromatic carbocycles. The number of ether oxygens (including phenoxy) is 1. The summed E-state index contributed by atoms with van der Waals surface area (Å²) in [6.45, 7) is 5.30. The van der Waals surface area contributed by atoms with Gasteiger partial charge >= 0.3 is 0 Å². The van der Waals surface area contributed by atoms with Crippen LogP contribution in [0.25, 0.3) is 0 Å². The molecule has 0 aromatic heterocycles. The van der Waals surface area contributed by atoms with Gasteiger partial charge in [-0.25, -0.2) is 0 Å². The zero-order chi connectivity index (χ0) is 14.1. The van der Waals surface area contributed by atoms with Crippen molar-refractivity contribution >= 4 is 18.2 Å². The number of rotatable bonds is 9. The third kappa shape index (κ3) is 7.48. The molecule has 5 heteroatoms. The van der Waals surface area contributed by atoms with E-state index in [1.807, 2.05) is 31.2 Å². The lowest BCUT2D eigenvalue weighted by molar-refractivity contribution is 0.0988. The minimum absolute atomic E-state index is 0. The van der Waals surface area contributed by atoms with Crippen LogP contribution in [-0.2, 0) is 0 Å². The molecule has 1 aromatic rings. The van der Waals surface area contributed by atoms with Crippen molar-refractivity contribution < 1.29 is 9.53 Å². The first kappa shape index (κ1) is 18.9. The Morgan fingerprint density at radius 3 is 2.40 bits per heavy atom. The van der Waals surface area contributed by atoms with Crippen LogP contribution in [0.1, 0.15) is 23.7 Å². The molecular weight excluding hydrogens is 276 g/mol. The van der Waals surface area contributed by atoms with Gasteiger partial charge in [0, 0.05) is 31.6 Å². The van der Waals surface area contributed by atoms with Crippen molar-refractivity contribution in [3.8, 4) is 5.75 Å². The van der Waals surface area contributed by atoms with E-state index in [1.54, 1.807) is 0 Å². The second kappa shape index (κ2) is 10.7. The smallest absolute Gasteiger partial charge is 0.162 e. The number of hydrogen-bond donors (Lipinski definition) is 1. The topological polar surface area (TPSA) is 41.6 Å². The van der Waals surface area contributed by atoms with E-state index in [2.05, 4.69) is 24.3 Å². The zero-order valence-corrected chi connectivity index (χ0v) is 13.3. The molecule has 0 radical (unpaired) electrons. The number of likely N-dealkylation sites (N-methyl/N-ethyl adjacent to an activating group) is 1. The molecule has 1 rings (SSSR count). The van der Waals surface area contributed by atoms with Crippen molar-refractivity contribution in [2.45, 2.75) is 13.3 Å². The van der Waals surface area contributed by atoms with Gasteiger partial charge in [-0.15, -0.1) is 12.4 Å². The SMILES string of the molecule is CCC(=O)c1ccc(OCCNCCN(C)C)cc1.Cl. The molecule has 0 spiro atoms. The fraction of sp³-hybridized carbons (Fsp3) is 0.533. The van der Waals surface area contributed by atoms with Gasteiger partial charge in [0.05, 0.1) is 0 Å². The highest BCUT2D eigenvalue weighted by molar-refractivity contribution is 5.95.